The maximum atomic E-state index is 5.82. The lowest BCUT2D eigenvalue weighted by atomic mass is 10.2. The number of nitrogens with zero attached hydrogens (tertiary/aromatic N) is 5. The third-order valence-electron chi connectivity index (χ3n) is 3.86. The molecule has 3 heterocycles. The molecule has 0 amide bonds. The summed E-state index contributed by atoms with van der Waals surface area (Å²) in [5.74, 6) is 2.70. The number of aromatic nitrogens is 5. The van der Waals surface area contributed by atoms with Crippen molar-refractivity contribution in [2.45, 2.75) is 26.1 Å². The summed E-state index contributed by atoms with van der Waals surface area (Å²) in [4.78, 5) is 4.10. The van der Waals surface area contributed by atoms with Gasteiger partial charge in [-0.25, -0.2) is 4.98 Å². The third-order valence-corrected chi connectivity index (χ3v) is 3.86. The zero-order valence-corrected chi connectivity index (χ0v) is 11.7. The van der Waals surface area contributed by atoms with E-state index in [0.717, 1.165) is 29.5 Å². The van der Waals surface area contributed by atoms with Crippen molar-refractivity contribution >= 4 is 0 Å². The van der Waals surface area contributed by atoms with E-state index in [4.69, 9.17) is 4.74 Å². The summed E-state index contributed by atoms with van der Waals surface area (Å²) in [7, 11) is 0. The van der Waals surface area contributed by atoms with Crippen LogP contribution in [0.2, 0.25) is 0 Å². The number of fused-ring (bicyclic) bond motifs is 2. The van der Waals surface area contributed by atoms with Gasteiger partial charge >= 0.3 is 0 Å². The van der Waals surface area contributed by atoms with E-state index >= 15 is 0 Å². The first kappa shape index (κ1) is 12.1. The van der Waals surface area contributed by atoms with Gasteiger partial charge in [-0.2, -0.15) is 0 Å². The van der Waals surface area contributed by atoms with Gasteiger partial charge in [-0.15, -0.1) is 10.2 Å². The highest BCUT2D eigenvalue weighted by Gasteiger charge is 2.22. The van der Waals surface area contributed by atoms with Crippen molar-refractivity contribution in [2.24, 2.45) is 0 Å². The largest absolute Gasteiger partial charge is 0.485 e. The molecule has 0 aliphatic carbocycles. The Kier molecular flexibility index (Phi) is 2.73. The van der Waals surface area contributed by atoms with Crippen LogP contribution in [0.4, 0.5) is 0 Å². The molecule has 2 aromatic heterocycles. The predicted molar refractivity (Wildman–Crippen MR) is 75.9 cm³/mol. The van der Waals surface area contributed by atoms with Crippen molar-refractivity contribution in [3.05, 3.63) is 60.2 Å². The topological polar surface area (TPSA) is 57.8 Å². The smallest absolute Gasteiger partial charge is 0.171 e. The summed E-state index contributed by atoms with van der Waals surface area (Å²) in [6.07, 6.45) is 5.51. The third kappa shape index (κ3) is 1.99. The molecule has 0 spiro atoms. The number of hydrogen-bond donors (Lipinski definition) is 0. The van der Waals surface area contributed by atoms with E-state index in [1.165, 1.54) is 0 Å². The van der Waals surface area contributed by atoms with Crippen molar-refractivity contribution < 1.29 is 4.74 Å². The van der Waals surface area contributed by atoms with Gasteiger partial charge in [0.15, 0.2) is 11.6 Å². The van der Waals surface area contributed by atoms with Crippen molar-refractivity contribution in [1.29, 1.82) is 0 Å². The highest BCUT2D eigenvalue weighted by atomic mass is 16.5. The molecule has 0 fully saturated rings. The fourth-order valence-corrected chi connectivity index (χ4v) is 2.66. The Balaban J connectivity index is 1.76. The van der Waals surface area contributed by atoms with Gasteiger partial charge in [0.05, 0.1) is 18.9 Å². The second-order valence-electron chi connectivity index (χ2n) is 5.14. The van der Waals surface area contributed by atoms with Crippen LogP contribution in [0.15, 0.2) is 43.0 Å². The Labute approximate surface area is 122 Å². The standard InChI is InChI=1S/C15H15N5O/c1-11(19-7-6-16-10-19)15-18-17-14-9-21-13-5-3-2-4-12(13)8-20(14)15/h2-7,10-11H,8-9H2,1H3. The fourth-order valence-electron chi connectivity index (χ4n) is 2.66. The molecular weight excluding hydrogens is 266 g/mol. The lowest BCUT2D eigenvalue weighted by molar-refractivity contribution is 0.297. The van der Waals surface area contributed by atoms with Crippen LogP contribution in [-0.2, 0) is 13.2 Å². The summed E-state index contributed by atoms with van der Waals surface area (Å²) in [5.41, 5.74) is 1.15. The molecule has 1 aliphatic rings. The number of hydrogen-bond acceptors (Lipinski definition) is 4. The first-order chi connectivity index (χ1) is 10.3. The van der Waals surface area contributed by atoms with Gasteiger partial charge < -0.3 is 13.9 Å². The number of ether oxygens (including phenoxy) is 1. The van der Waals surface area contributed by atoms with Gasteiger partial charge in [-0.05, 0) is 13.0 Å². The zero-order valence-electron chi connectivity index (χ0n) is 11.7. The second kappa shape index (κ2) is 4.73. The average molecular weight is 281 g/mol. The average Bonchev–Trinajstić information content (AvgIpc) is 3.13. The molecule has 3 aromatic rings. The molecule has 4 rings (SSSR count). The summed E-state index contributed by atoms with van der Waals surface area (Å²) in [6, 6.07) is 8.17. The fraction of sp³-hybridized carbons (Fsp3) is 0.267. The van der Waals surface area contributed by atoms with E-state index in [-0.39, 0.29) is 6.04 Å². The Hall–Kier alpha value is -2.63. The Morgan fingerprint density at radius 3 is 3.00 bits per heavy atom. The monoisotopic (exact) mass is 281 g/mol. The molecular formula is C15H15N5O. The highest BCUT2D eigenvalue weighted by molar-refractivity contribution is 5.35. The van der Waals surface area contributed by atoms with Crippen LogP contribution in [0.1, 0.15) is 30.2 Å². The number of rotatable bonds is 2. The van der Waals surface area contributed by atoms with E-state index in [2.05, 4.69) is 32.7 Å². The lowest BCUT2D eigenvalue weighted by Gasteiger charge is -2.14. The maximum absolute atomic E-state index is 5.82. The summed E-state index contributed by atoms with van der Waals surface area (Å²) in [5, 5.41) is 8.64. The van der Waals surface area contributed by atoms with Crippen LogP contribution in [0, 0.1) is 0 Å². The van der Waals surface area contributed by atoms with Crippen LogP contribution in [0.25, 0.3) is 0 Å². The molecule has 0 saturated heterocycles. The molecule has 1 aliphatic heterocycles. The first-order valence-electron chi connectivity index (χ1n) is 6.93. The number of para-hydroxylation sites is 1. The normalized spacial score (nSPS) is 14.7. The van der Waals surface area contributed by atoms with Gasteiger partial charge in [-0.1, -0.05) is 18.2 Å². The molecule has 6 nitrogen and oxygen atoms in total. The molecule has 106 valence electrons. The minimum atomic E-state index is 0.0824. The molecule has 0 radical (unpaired) electrons. The van der Waals surface area contributed by atoms with Crippen molar-refractivity contribution in [3.63, 3.8) is 0 Å². The first-order valence-corrected chi connectivity index (χ1v) is 6.93. The Morgan fingerprint density at radius 2 is 2.14 bits per heavy atom. The summed E-state index contributed by atoms with van der Waals surface area (Å²) < 4.78 is 9.97. The second-order valence-corrected chi connectivity index (χ2v) is 5.14. The molecule has 1 unspecified atom stereocenters. The minimum Gasteiger partial charge on any atom is -0.485 e. The predicted octanol–water partition coefficient (Wildman–Crippen LogP) is 2.02. The molecule has 1 atom stereocenters. The zero-order chi connectivity index (χ0) is 14.2. The van der Waals surface area contributed by atoms with Gasteiger partial charge in [0, 0.05) is 18.0 Å². The lowest BCUT2D eigenvalue weighted by Crippen LogP contribution is -2.14. The van der Waals surface area contributed by atoms with Crippen LogP contribution in [-0.4, -0.2) is 24.3 Å². The number of benzene rings is 1. The van der Waals surface area contributed by atoms with E-state index in [0.29, 0.717) is 6.61 Å². The number of imidazole rings is 1. The minimum absolute atomic E-state index is 0.0824. The molecule has 1 aromatic carbocycles. The Morgan fingerprint density at radius 1 is 1.24 bits per heavy atom. The van der Waals surface area contributed by atoms with E-state index in [1.807, 2.05) is 29.0 Å². The van der Waals surface area contributed by atoms with Gasteiger partial charge in [-0.3, -0.25) is 0 Å². The van der Waals surface area contributed by atoms with Gasteiger partial charge in [0.1, 0.15) is 12.4 Å². The van der Waals surface area contributed by atoms with Crippen LogP contribution >= 0.6 is 0 Å². The molecule has 0 N–H and O–H groups in total. The van der Waals surface area contributed by atoms with Gasteiger partial charge in [0.25, 0.3) is 0 Å². The van der Waals surface area contributed by atoms with E-state index < -0.39 is 0 Å². The van der Waals surface area contributed by atoms with Crippen LogP contribution < -0.4 is 4.74 Å². The Bertz CT molecular complexity index is 762. The van der Waals surface area contributed by atoms with Crippen LogP contribution in [0.5, 0.6) is 5.75 Å². The van der Waals surface area contributed by atoms with Gasteiger partial charge in [0.2, 0.25) is 0 Å². The summed E-state index contributed by atoms with van der Waals surface area (Å²) >= 11 is 0. The van der Waals surface area contributed by atoms with Crippen molar-refractivity contribution in [2.75, 3.05) is 0 Å². The molecule has 0 saturated carbocycles. The van der Waals surface area contributed by atoms with E-state index in [9.17, 15) is 0 Å². The van der Waals surface area contributed by atoms with Crippen molar-refractivity contribution in [1.82, 2.24) is 24.3 Å². The maximum Gasteiger partial charge on any atom is 0.171 e. The highest BCUT2D eigenvalue weighted by Crippen LogP contribution is 2.26. The van der Waals surface area contributed by atoms with Crippen LogP contribution in [0.3, 0.4) is 0 Å². The quantitative estimate of drug-likeness (QED) is 0.721. The molecule has 21 heavy (non-hydrogen) atoms. The molecule has 0 bridgehead atoms. The molecule has 6 heteroatoms. The summed E-state index contributed by atoms with van der Waals surface area (Å²) in [6.45, 7) is 3.27. The SMILES string of the molecule is CC(c1nnc2n1Cc1ccccc1OC2)n1ccnc1. The van der Waals surface area contributed by atoms with E-state index in [1.54, 1.807) is 12.5 Å². The van der Waals surface area contributed by atoms with Crippen molar-refractivity contribution in [3.8, 4) is 5.75 Å².